The van der Waals surface area contributed by atoms with Gasteiger partial charge in [-0.15, -0.1) is 0 Å². The van der Waals surface area contributed by atoms with Gasteiger partial charge < -0.3 is 15.0 Å². The third-order valence-electron chi connectivity index (χ3n) is 3.49. The van der Waals surface area contributed by atoms with Gasteiger partial charge >= 0.3 is 0 Å². The van der Waals surface area contributed by atoms with Gasteiger partial charge in [-0.1, -0.05) is 23.2 Å². The summed E-state index contributed by atoms with van der Waals surface area (Å²) in [6, 6.07) is 3.05. The lowest BCUT2D eigenvalue weighted by atomic mass is 10.1. The van der Waals surface area contributed by atoms with Crippen LogP contribution >= 0.6 is 23.2 Å². The molecule has 1 amide bonds. The fourth-order valence-corrected chi connectivity index (χ4v) is 2.77. The highest BCUT2D eigenvalue weighted by molar-refractivity contribution is 6.41. The van der Waals surface area contributed by atoms with Gasteiger partial charge in [0.1, 0.15) is 10.8 Å². The van der Waals surface area contributed by atoms with Crippen LogP contribution in [0.25, 0.3) is 0 Å². The lowest BCUT2D eigenvalue weighted by molar-refractivity contribution is 0.0785. The molecule has 0 bridgehead atoms. The molecule has 1 unspecified atom stereocenters. The maximum absolute atomic E-state index is 12.3. The summed E-state index contributed by atoms with van der Waals surface area (Å²) in [5.74, 6) is -0.00186. The average molecular weight is 315 g/mol. The number of halogens is 2. The Morgan fingerprint density at radius 2 is 2.10 bits per heavy atom. The summed E-state index contributed by atoms with van der Waals surface area (Å²) >= 11 is 11.6. The first kappa shape index (κ1) is 13.3. The van der Waals surface area contributed by atoms with E-state index in [1.54, 1.807) is 4.90 Å². The second-order valence-corrected chi connectivity index (χ2v) is 5.58. The van der Waals surface area contributed by atoms with E-state index in [9.17, 15) is 9.59 Å². The summed E-state index contributed by atoms with van der Waals surface area (Å²) < 4.78 is 0. The molecular weight excluding hydrogens is 303 g/mol. The molecule has 6 nitrogen and oxygen atoms in total. The van der Waals surface area contributed by atoms with Crippen molar-refractivity contribution in [2.45, 2.75) is 12.3 Å². The van der Waals surface area contributed by atoms with E-state index < -0.39 is 0 Å². The lowest BCUT2D eigenvalue weighted by Crippen LogP contribution is -2.28. The molecule has 1 aliphatic rings. The minimum absolute atomic E-state index is 0.138. The third-order valence-corrected chi connectivity index (χ3v) is 4.18. The van der Waals surface area contributed by atoms with E-state index in [0.29, 0.717) is 23.8 Å². The first-order valence-electron chi connectivity index (χ1n) is 6.15. The maximum Gasteiger partial charge on any atom is 0.270 e. The molecule has 0 radical (unpaired) electrons. The monoisotopic (exact) mass is 314 g/mol. The molecular formula is C12H12Cl2N4O2. The van der Waals surface area contributed by atoms with E-state index >= 15 is 0 Å². The van der Waals surface area contributed by atoms with Crippen LogP contribution in [0.2, 0.25) is 10.2 Å². The number of carbonyl (C=O) groups excluding carboxylic acids is 1. The molecule has 0 aromatic carbocycles. The number of aromatic nitrogens is 3. The maximum atomic E-state index is 12.3. The SMILES string of the molecule is O=C(c1cc(Cl)c(Cl)[nH]1)N1CCC(c2cc(=O)[nH][nH]2)C1. The van der Waals surface area contributed by atoms with E-state index in [4.69, 9.17) is 23.2 Å². The van der Waals surface area contributed by atoms with Crippen molar-refractivity contribution in [3.8, 4) is 0 Å². The van der Waals surface area contributed by atoms with Crippen molar-refractivity contribution >= 4 is 29.1 Å². The molecule has 3 rings (SSSR count). The van der Waals surface area contributed by atoms with Gasteiger partial charge in [-0.25, -0.2) is 0 Å². The Labute approximate surface area is 124 Å². The minimum Gasteiger partial charge on any atom is -0.340 e. The predicted octanol–water partition coefficient (Wildman–Crippen LogP) is 1.97. The van der Waals surface area contributed by atoms with Crippen LogP contribution in [0.5, 0.6) is 0 Å². The number of hydrogen-bond donors (Lipinski definition) is 3. The van der Waals surface area contributed by atoms with Crippen molar-refractivity contribution in [3.05, 3.63) is 44.1 Å². The van der Waals surface area contributed by atoms with E-state index in [1.807, 2.05) is 0 Å². The number of rotatable bonds is 2. The molecule has 8 heteroatoms. The summed E-state index contributed by atoms with van der Waals surface area (Å²) in [6.07, 6.45) is 0.807. The van der Waals surface area contributed by atoms with Crippen LogP contribution in [-0.2, 0) is 0 Å². The Morgan fingerprint density at radius 3 is 2.70 bits per heavy atom. The molecule has 2 aromatic rings. The Balaban J connectivity index is 1.73. The summed E-state index contributed by atoms with van der Waals surface area (Å²) in [7, 11) is 0. The molecule has 1 aliphatic heterocycles. The minimum atomic E-state index is -0.160. The number of likely N-dealkylation sites (tertiary alicyclic amines) is 1. The van der Waals surface area contributed by atoms with E-state index in [1.165, 1.54) is 12.1 Å². The molecule has 3 heterocycles. The Morgan fingerprint density at radius 1 is 1.30 bits per heavy atom. The average Bonchev–Trinajstić information content (AvgIpc) is 3.10. The van der Waals surface area contributed by atoms with Gasteiger partial charge in [0.2, 0.25) is 0 Å². The zero-order valence-corrected chi connectivity index (χ0v) is 11.9. The molecule has 20 heavy (non-hydrogen) atoms. The molecule has 1 atom stereocenters. The Kier molecular flexibility index (Phi) is 3.35. The first-order valence-corrected chi connectivity index (χ1v) is 6.91. The third kappa shape index (κ3) is 2.36. The van der Waals surface area contributed by atoms with Crippen molar-refractivity contribution in [2.75, 3.05) is 13.1 Å². The van der Waals surface area contributed by atoms with Crippen LogP contribution in [0.15, 0.2) is 16.9 Å². The van der Waals surface area contributed by atoms with E-state index in [-0.39, 0.29) is 22.5 Å². The van der Waals surface area contributed by atoms with Crippen molar-refractivity contribution in [2.24, 2.45) is 0 Å². The number of H-pyrrole nitrogens is 3. The summed E-state index contributed by atoms with van der Waals surface area (Å²) in [6.45, 7) is 1.19. The molecule has 1 saturated heterocycles. The Bertz CT molecular complexity index is 683. The molecule has 0 spiro atoms. The van der Waals surface area contributed by atoms with Crippen molar-refractivity contribution in [1.82, 2.24) is 20.1 Å². The second kappa shape index (κ2) is 5.03. The van der Waals surface area contributed by atoms with Crippen LogP contribution in [0, 0.1) is 0 Å². The molecule has 3 N–H and O–H groups in total. The fourth-order valence-electron chi connectivity index (χ4n) is 2.46. The highest BCUT2D eigenvalue weighted by atomic mass is 35.5. The van der Waals surface area contributed by atoms with E-state index in [0.717, 1.165) is 12.1 Å². The normalized spacial score (nSPS) is 18.7. The van der Waals surface area contributed by atoms with E-state index in [2.05, 4.69) is 15.2 Å². The van der Waals surface area contributed by atoms with Gasteiger partial charge in [0.25, 0.3) is 11.5 Å². The molecule has 106 valence electrons. The fraction of sp³-hybridized carbons (Fsp3) is 0.333. The number of amides is 1. The lowest BCUT2D eigenvalue weighted by Gasteiger charge is -2.15. The molecule has 1 fully saturated rings. The number of nitrogens with zero attached hydrogens (tertiary/aromatic N) is 1. The number of carbonyl (C=O) groups is 1. The zero-order valence-electron chi connectivity index (χ0n) is 10.4. The van der Waals surface area contributed by atoms with Crippen molar-refractivity contribution in [3.63, 3.8) is 0 Å². The highest BCUT2D eigenvalue weighted by Gasteiger charge is 2.29. The van der Waals surface area contributed by atoms with Gasteiger partial charge in [0, 0.05) is 30.8 Å². The first-order chi connectivity index (χ1) is 9.54. The largest absolute Gasteiger partial charge is 0.340 e. The number of nitrogens with one attached hydrogen (secondary N) is 3. The summed E-state index contributed by atoms with van der Waals surface area (Å²) in [5, 5.41) is 5.94. The summed E-state index contributed by atoms with van der Waals surface area (Å²) in [5.41, 5.74) is 1.05. The van der Waals surface area contributed by atoms with Gasteiger partial charge in [0.15, 0.2) is 0 Å². The summed E-state index contributed by atoms with van der Waals surface area (Å²) in [4.78, 5) is 27.9. The van der Waals surface area contributed by atoms with Crippen LogP contribution in [0.1, 0.15) is 28.5 Å². The topological polar surface area (TPSA) is 84.8 Å². The van der Waals surface area contributed by atoms with Crippen molar-refractivity contribution < 1.29 is 4.79 Å². The smallest absolute Gasteiger partial charge is 0.270 e. The second-order valence-electron chi connectivity index (χ2n) is 4.80. The standard InChI is InChI=1S/C12H12Cl2N4O2/c13-7-3-9(15-11(7)14)12(20)18-2-1-6(5-18)8-4-10(19)17-16-8/h3-4,6,15H,1-2,5H2,(H2,16,17,19). The van der Waals surface area contributed by atoms with Crippen LogP contribution in [-0.4, -0.2) is 39.1 Å². The van der Waals surface area contributed by atoms with Crippen LogP contribution in [0.3, 0.4) is 0 Å². The molecule has 0 aliphatic carbocycles. The molecule has 0 saturated carbocycles. The van der Waals surface area contributed by atoms with Gasteiger partial charge in [-0.3, -0.25) is 14.7 Å². The van der Waals surface area contributed by atoms with Gasteiger partial charge in [-0.2, -0.15) is 0 Å². The van der Waals surface area contributed by atoms with Gasteiger partial charge in [-0.05, 0) is 12.5 Å². The molecule has 2 aromatic heterocycles. The zero-order chi connectivity index (χ0) is 14.3. The number of hydrogen-bond acceptors (Lipinski definition) is 2. The van der Waals surface area contributed by atoms with Crippen LogP contribution in [0.4, 0.5) is 0 Å². The number of aromatic amines is 3. The van der Waals surface area contributed by atoms with Crippen LogP contribution < -0.4 is 5.56 Å². The Hall–Kier alpha value is -1.66. The predicted molar refractivity (Wildman–Crippen MR) is 75.5 cm³/mol. The quantitative estimate of drug-likeness (QED) is 0.791. The highest BCUT2D eigenvalue weighted by Crippen LogP contribution is 2.28. The van der Waals surface area contributed by atoms with Gasteiger partial charge in [0.05, 0.1) is 5.02 Å². The van der Waals surface area contributed by atoms with Crippen molar-refractivity contribution in [1.29, 1.82) is 0 Å².